The summed E-state index contributed by atoms with van der Waals surface area (Å²) in [5, 5.41) is 6.57. The van der Waals surface area contributed by atoms with Crippen molar-refractivity contribution in [3.8, 4) is 0 Å². The van der Waals surface area contributed by atoms with E-state index in [1.807, 2.05) is 11.0 Å². The minimum Gasteiger partial charge on any atom is -0.340 e. The van der Waals surface area contributed by atoms with Crippen LogP contribution in [0.5, 0.6) is 0 Å². The second kappa shape index (κ2) is 8.00. The number of carbonyl (C=O) groups excluding carboxylic acids is 2. The van der Waals surface area contributed by atoms with Crippen molar-refractivity contribution < 1.29 is 14.1 Å². The zero-order chi connectivity index (χ0) is 19.5. The van der Waals surface area contributed by atoms with Crippen LogP contribution in [0.25, 0.3) is 0 Å². The molecule has 8 nitrogen and oxygen atoms in total. The monoisotopic (exact) mass is 383 g/mol. The van der Waals surface area contributed by atoms with Crippen LogP contribution in [0.4, 0.5) is 4.79 Å². The van der Waals surface area contributed by atoms with Crippen molar-refractivity contribution in [2.75, 3.05) is 19.6 Å². The topological polar surface area (TPSA) is 91.6 Å². The lowest BCUT2D eigenvalue weighted by molar-refractivity contribution is -0.137. The highest BCUT2D eigenvalue weighted by Gasteiger charge is 2.31. The molecule has 2 aromatic rings. The number of benzene rings is 1. The third kappa shape index (κ3) is 4.00. The number of fused-ring (bicyclic) bond motifs is 1. The van der Waals surface area contributed by atoms with Gasteiger partial charge in [0.05, 0.1) is 6.54 Å². The zero-order valence-electron chi connectivity index (χ0n) is 16.1. The molecule has 0 saturated carbocycles. The van der Waals surface area contributed by atoms with Crippen LogP contribution in [0.2, 0.25) is 0 Å². The molecule has 3 heterocycles. The van der Waals surface area contributed by atoms with Gasteiger partial charge in [0, 0.05) is 39.0 Å². The number of amides is 3. The van der Waals surface area contributed by atoms with Crippen LogP contribution in [0.1, 0.15) is 35.7 Å². The Morgan fingerprint density at radius 3 is 2.61 bits per heavy atom. The Kier molecular flexibility index (Phi) is 5.27. The first kappa shape index (κ1) is 18.5. The summed E-state index contributed by atoms with van der Waals surface area (Å²) >= 11 is 0. The Balaban J connectivity index is 1.26. The SMILES string of the molecule is Cc1nc(CNC(=O)N2CCC(C(=O)N3CCc4ccccc4C3)CC2)no1. The van der Waals surface area contributed by atoms with Gasteiger partial charge in [-0.1, -0.05) is 29.4 Å². The first-order valence-electron chi connectivity index (χ1n) is 9.77. The van der Waals surface area contributed by atoms with Gasteiger partial charge in [0.2, 0.25) is 11.8 Å². The van der Waals surface area contributed by atoms with Gasteiger partial charge in [-0.2, -0.15) is 4.98 Å². The number of hydrogen-bond donors (Lipinski definition) is 1. The average Bonchev–Trinajstić information content (AvgIpc) is 3.16. The molecule has 3 amide bonds. The summed E-state index contributed by atoms with van der Waals surface area (Å²) in [6, 6.07) is 8.17. The molecular formula is C20H25N5O3. The number of carbonyl (C=O) groups is 2. The highest BCUT2D eigenvalue weighted by atomic mass is 16.5. The summed E-state index contributed by atoms with van der Waals surface area (Å²) < 4.78 is 4.89. The summed E-state index contributed by atoms with van der Waals surface area (Å²) in [5.41, 5.74) is 2.59. The van der Waals surface area contributed by atoms with Gasteiger partial charge in [-0.05, 0) is 30.4 Å². The van der Waals surface area contributed by atoms with Crippen molar-refractivity contribution in [3.05, 3.63) is 47.1 Å². The quantitative estimate of drug-likeness (QED) is 0.874. The van der Waals surface area contributed by atoms with Crippen LogP contribution < -0.4 is 5.32 Å². The lowest BCUT2D eigenvalue weighted by Gasteiger charge is -2.36. The van der Waals surface area contributed by atoms with Gasteiger partial charge >= 0.3 is 6.03 Å². The molecule has 0 unspecified atom stereocenters. The maximum Gasteiger partial charge on any atom is 0.317 e. The number of hydrogen-bond acceptors (Lipinski definition) is 5. The van der Waals surface area contributed by atoms with E-state index in [0.29, 0.717) is 44.2 Å². The van der Waals surface area contributed by atoms with Crippen molar-refractivity contribution >= 4 is 11.9 Å². The normalized spacial score (nSPS) is 17.3. The molecule has 1 aromatic carbocycles. The minimum absolute atomic E-state index is 0.00540. The van der Waals surface area contributed by atoms with Gasteiger partial charge in [-0.15, -0.1) is 0 Å². The fraction of sp³-hybridized carbons (Fsp3) is 0.500. The zero-order valence-corrected chi connectivity index (χ0v) is 16.1. The average molecular weight is 383 g/mol. The van der Waals surface area contributed by atoms with Crippen LogP contribution in [0.3, 0.4) is 0 Å². The third-order valence-corrected chi connectivity index (χ3v) is 5.54. The van der Waals surface area contributed by atoms with E-state index in [0.717, 1.165) is 13.0 Å². The molecule has 0 bridgehead atoms. The van der Waals surface area contributed by atoms with E-state index in [9.17, 15) is 9.59 Å². The summed E-state index contributed by atoms with van der Waals surface area (Å²) in [4.78, 5) is 33.1. The Hall–Kier alpha value is -2.90. The Morgan fingerprint density at radius 2 is 1.89 bits per heavy atom. The fourth-order valence-electron chi connectivity index (χ4n) is 3.95. The van der Waals surface area contributed by atoms with Crippen molar-refractivity contribution in [1.82, 2.24) is 25.3 Å². The molecule has 1 aromatic heterocycles. The van der Waals surface area contributed by atoms with Gasteiger partial charge in [-0.3, -0.25) is 4.79 Å². The summed E-state index contributed by atoms with van der Waals surface area (Å²) in [6.45, 7) is 4.58. The van der Waals surface area contributed by atoms with Crippen LogP contribution in [-0.4, -0.2) is 51.5 Å². The molecule has 28 heavy (non-hydrogen) atoms. The predicted octanol–water partition coefficient (Wildman–Crippen LogP) is 1.88. The number of likely N-dealkylation sites (tertiary alicyclic amines) is 1. The first-order valence-corrected chi connectivity index (χ1v) is 9.77. The van der Waals surface area contributed by atoms with Crippen molar-refractivity contribution in [1.29, 1.82) is 0 Å². The Morgan fingerprint density at radius 1 is 1.14 bits per heavy atom. The molecule has 4 rings (SSSR count). The maximum absolute atomic E-state index is 12.9. The summed E-state index contributed by atoms with van der Waals surface area (Å²) in [6.07, 6.45) is 2.32. The second-order valence-electron chi connectivity index (χ2n) is 7.43. The van der Waals surface area contributed by atoms with Crippen LogP contribution in [0, 0.1) is 12.8 Å². The first-order chi connectivity index (χ1) is 13.6. The lowest BCUT2D eigenvalue weighted by Crippen LogP contribution is -2.48. The number of aromatic nitrogens is 2. The van der Waals surface area contributed by atoms with E-state index in [-0.39, 0.29) is 24.4 Å². The number of nitrogens with one attached hydrogen (secondary N) is 1. The van der Waals surface area contributed by atoms with E-state index < -0.39 is 0 Å². The summed E-state index contributed by atoms with van der Waals surface area (Å²) in [5.74, 6) is 1.15. The molecular weight excluding hydrogens is 358 g/mol. The van der Waals surface area contributed by atoms with Crippen LogP contribution in [-0.2, 0) is 24.3 Å². The molecule has 0 atom stereocenters. The molecule has 0 spiro atoms. The van der Waals surface area contributed by atoms with Crippen molar-refractivity contribution in [3.63, 3.8) is 0 Å². The number of nitrogens with zero attached hydrogens (tertiary/aromatic N) is 4. The number of rotatable bonds is 3. The molecule has 1 fully saturated rings. The number of piperidine rings is 1. The highest BCUT2D eigenvalue weighted by molar-refractivity contribution is 5.80. The van der Waals surface area contributed by atoms with E-state index in [1.54, 1.807) is 11.8 Å². The molecule has 2 aliphatic heterocycles. The van der Waals surface area contributed by atoms with Gasteiger partial charge < -0.3 is 19.6 Å². The highest BCUT2D eigenvalue weighted by Crippen LogP contribution is 2.24. The predicted molar refractivity (Wildman–Crippen MR) is 101 cm³/mol. The largest absolute Gasteiger partial charge is 0.340 e. The molecule has 2 aliphatic rings. The molecule has 0 radical (unpaired) electrons. The lowest BCUT2D eigenvalue weighted by atomic mass is 9.93. The van der Waals surface area contributed by atoms with Crippen LogP contribution in [0.15, 0.2) is 28.8 Å². The van der Waals surface area contributed by atoms with Gasteiger partial charge in [-0.25, -0.2) is 4.79 Å². The van der Waals surface area contributed by atoms with E-state index in [1.165, 1.54) is 11.1 Å². The molecule has 0 aliphatic carbocycles. The van der Waals surface area contributed by atoms with Crippen LogP contribution >= 0.6 is 0 Å². The molecule has 8 heteroatoms. The maximum atomic E-state index is 12.9. The van der Waals surface area contributed by atoms with Gasteiger partial charge in [0.1, 0.15) is 0 Å². The molecule has 148 valence electrons. The summed E-state index contributed by atoms with van der Waals surface area (Å²) in [7, 11) is 0. The molecule has 1 saturated heterocycles. The van der Waals surface area contributed by atoms with Gasteiger partial charge in [0.15, 0.2) is 5.82 Å². The van der Waals surface area contributed by atoms with Gasteiger partial charge in [0.25, 0.3) is 0 Å². The van der Waals surface area contributed by atoms with Crippen molar-refractivity contribution in [2.24, 2.45) is 5.92 Å². The minimum atomic E-state index is -0.153. The number of urea groups is 1. The van der Waals surface area contributed by atoms with Crippen molar-refractivity contribution in [2.45, 2.75) is 39.3 Å². The smallest absolute Gasteiger partial charge is 0.317 e. The third-order valence-electron chi connectivity index (χ3n) is 5.54. The van der Waals surface area contributed by atoms with E-state index in [4.69, 9.17) is 4.52 Å². The van der Waals surface area contributed by atoms with E-state index >= 15 is 0 Å². The van der Waals surface area contributed by atoms with E-state index in [2.05, 4.69) is 33.7 Å². The Labute approximate surface area is 163 Å². The second-order valence-corrected chi connectivity index (χ2v) is 7.43. The Bertz CT molecular complexity index is 857. The number of aryl methyl sites for hydroxylation is 1. The molecule has 1 N–H and O–H groups in total. The fourth-order valence-corrected chi connectivity index (χ4v) is 3.95. The standard InChI is InChI=1S/C20H25N5O3/c1-14-22-18(23-28-14)12-21-20(27)24-9-7-16(8-10-24)19(26)25-11-6-15-4-2-3-5-17(15)13-25/h2-5,16H,6-13H2,1H3,(H,21,27).